The van der Waals surface area contributed by atoms with E-state index in [4.69, 9.17) is 9.47 Å². The van der Waals surface area contributed by atoms with E-state index in [1.165, 1.54) is 6.07 Å². The van der Waals surface area contributed by atoms with Gasteiger partial charge in [0.2, 0.25) is 0 Å². The van der Waals surface area contributed by atoms with Crippen LogP contribution in [-0.2, 0) is 11.2 Å². The van der Waals surface area contributed by atoms with Gasteiger partial charge < -0.3 is 14.6 Å². The summed E-state index contributed by atoms with van der Waals surface area (Å²) >= 11 is 0. The van der Waals surface area contributed by atoms with Crippen LogP contribution in [0.3, 0.4) is 0 Å². The molecule has 104 valence electrons. The van der Waals surface area contributed by atoms with Gasteiger partial charge in [0.05, 0.1) is 6.61 Å². The fraction of sp³-hybridized carbons (Fsp3) is 0.500. The van der Waals surface area contributed by atoms with Gasteiger partial charge in [0.15, 0.2) is 11.5 Å². The van der Waals surface area contributed by atoms with Gasteiger partial charge in [-0.15, -0.1) is 0 Å². The Kier molecular flexibility index (Phi) is 3.55. The number of anilines is 1. The Morgan fingerprint density at radius 3 is 2.84 bits per heavy atom. The van der Waals surface area contributed by atoms with Crippen molar-refractivity contribution in [1.82, 2.24) is 0 Å². The molecule has 1 aliphatic heterocycles. The summed E-state index contributed by atoms with van der Waals surface area (Å²) in [4.78, 5) is 11.7. The van der Waals surface area contributed by atoms with Crippen LogP contribution < -0.4 is 10.1 Å². The third kappa shape index (κ3) is 3.53. The molecule has 19 heavy (non-hydrogen) atoms. The molecule has 1 aromatic carbocycles. The minimum absolute atomic E-state index is 0.0447. The number of ether oxygens (including phenoxy) is 2. The average Bonchev–Trinajstić information content (AvgIpc) is 2.26. The maximum Gasteiger partial charge on any atom is 0.412 e. The summed E-state index contributed by atoms with van der Waals surface area (Å²) in [6.45, 7) is 6.00. The largest absolute Gasteiger partial charge is 0.504 e. The first-order valence-corrected chi connectivity index (χ1v) is 6.34. The van der Waals surface area contributed by atoms with E-state index in [0.29, 0.717) is 18.0 Å². The molecule has 1 amide bonds. The molecule has 2 rings (SSSR count). The van der Waals surface area contributed by atoms with Crippen LogP contribution in [0.15, 0.2) is 12.1 Å². The number of carbonyl (C=O) groups is 1. The number of amides is 1. The van der Waals surface area contributed by atoms with Crippen LogP contribution in [-0.4, -0.2) is 23.4 Å². The van der Waals surface area contributed by atoms with Crippen molar-refractivity contribution in [3.8, 4) is 11.5 Å². The minimum Gasteiger partial charge on any atom is -0.504 e. The Hall–Kier alpha value is -1.91. The SMILES string of the molecule is CC(C)(C)OC(=O)Nc1cc(O)c2c(c1)CCCO2. The summed E-state index contributed by atoms with van der Waals surface area (Å²) in [5.41, 5.74) is 0.858. The number of phenols is 1. The Bertz CT molecular complexity index is 491. The molecule has 0 aliphatic carbocycles. The average molecular weight is 265 g/mol. The van der Waals surface area contributed by atoms with E-state index >= 15 is 0 Å². The monoisotopic (exact) mass is 265 g/mol. The molecule has 0 unspecified atom stereocenters. The van der Waals surface area contributed by atoms with Crippen molar-refractivity contribution in [3.63, 3.8) is 0 Å². The zero-order valence-electron chi connectivity index (χ0n) is 11.4. The normalized spacial score (nSPS) is 14.3. The molecule has 5 nitrogen and oxygen atoms in total. The summed E-state index contributed by atoms with van der Waals surface area (Å²) in [6.07, 6.45) is 1.19. The lowest BCUT2D eigenvalue weighted by Gasteiger charge is -2.21. The van der Waals surface area contributed by atoms with E-state index in [0.717, 1.165) is 18.4 Å². The molecule has 0 saturated carbocycles. The number of nitrogens with one attached hydrogen (secondary N) is 1. The van der Waals surface area contributed by atoms with Crippen LogP contribution in [0, 0.1) is 0 Å². The van der Waals surface area contributed by atoms with E-state index in [9.17, 15) is 9.90 Å². The van der Waals surface area contributed by atoms with Crippen molar-refractivity contribution >= 4 is 11.8 Å². The molecule has 0 atom stereocenters. The first-order valence-electron chi connectivity index (χ1n) is 6.34. The number of hydrogen-bond acceptors (Lipinski definition) is 4. The first-order chi connectivity index (χ1) is 8.85. The van der Waals surface area contributed by atoms with Gasteiger partial charge in [-0.3, -0.25) is 5.32 Å². The number of aryl methyl sites for hydroxylation is 1. The number of hydrogen-bond donors (Lipinski definition) is 2. The summed E-state index contributed by atoms with van der Waals surface area (Å²) < 4.78 is 10.6. The summed E-state index contributed by atoms with van der Waals surface area (Å²) in [6, 6.07) is 3.27. The van der Waals surface area contributed by atoms with Gasteiger partial charge in [-0.25, -0.2) is 4.79 Å². The van der Waals surface area contributed by atoms with Crippen molar-refractivity contribution in [3.05, 3.63) is 17.7 Å². The zero-order valence-corrected chi connectivity index (χ0v) is 11.4. The predicted molar refractivity (Wildman–Crippen MR) is 71.8 cm³/mol. The third-order valence-corrected chi connectivity index (χ3v) is 2.63. The molecular formula is C14H19NO4. The van der Waals surface area contributed by atoms with Gasteiger partial charge in [0.25, 0.3) is 0 Å². The molecule has 0 spiro atoms. The van der Waals surface area contributed by atoms with Gasteiger partial charge in [0, 0.05) is 17.3 Å². The maximum absolute atomic E-state index is 11.7. The molecule has 0 fully saturated rings. The molecule has 0 radical (unpaired) electrons. The predicted octanol–water partition coefficient (Wildman–Crippen LogP) is 3.06. The van der Waals surface area contributed by atoms with Gasteiger partial charge in [-0.05, 0) is 39.7 Å². The lowest BCUT2D eigenvalue weighted by molar-refractivity contribution is 0.0636. The molecule has 0 aromatic heterocycles. The van der Waals surface area contributed by atoms with E-state index < -0.39 is 11.7 Å². The fourth-order valence-corrected chi connectivity index (χ4v) is 1.96. The Balaban J connectivity index is 2.13. The quantitative estimate of drug-likeness (QED) is 0.818. The van der Waals surface area contributed by atoms with Gasteiger partial charge in [0.1, 0.15) is 5.60 Å². The molecule has 0 bridgehead atoms. The highest BCUT2D eigenvalue weighted by molar-refractivity contribution is 5.85. The second-order valence-corrected chi connectivity index (χ2v) is 5.56. The Labute approximate surface area is 112 Å². The first kappa shape index (κ1) is 13.5. The van der Waals surface area contributed by atoms with E-state index in [-0.39, 0.29) is 5.75 Å². The molecule has 1 aliphatic rings. The van der Waals surface area contributed by atoms with Crippen molar-refractivity contribution in [2.75, 3.05) is 11.9 Å². The summed E-state index contributed by atoms with van der Waals surface area (Å²) in [5.74, 6) is 0.559. The van der Waals surface area contributed by atoms with Crippen LogP contribution in [0.1, 0.15) is 32.8 Å². The lowest BCUT2D eigenvalue weighted by Crippen LogP contribution is -2.27. The zero-order chi connectivity index (χ0) is 14.0. The van der Waals surface area contributed by atoms with Crippen molar-refractivity contribution in [2.45, 2.75) is 39.2 Å². The Morgan fingerprint density at radius 1 is 1.42 bits per heavy atom. The number of benzene rings is 1. The van der Waals surface area contributed by atoms with Crippen molar-refractivity contribution in [2.24, 2.45) is 0 Å². The highest BCUT2D eigenvalue weighted by atomic mass is 16.6. The van der Waals surface area contributed by atoms with Crippen LogP contribution in [0.2, 0.25) is 0 Å². The molecule has 1 aromatic rings. The second kappa shape index (κ2) is 4.99. The van der Waals surface area contributed by atoms with Crippen LogP contribution in [0.4, 0.5) is 10.5 Å². The maximum atomic E-state index is 11.7. The molecule has 0 saturated heterocycles. The molecule has 1 heterocycles. The molecule has 5 heteroatoms. The summed E-state index contributed by atoms with van der Waals surface area (Å²) in [5, 5.41) is 12.5. The van der Waals surface area contributed by atoms with Crippen LogP contribution in [0.5, 0.6) is 11.5 Å². The Morgan fingerprint density at radius 2 is 2.16 bits per heavy atom. The number of rotatable bonds is 1. The van der Waals surface area contributed by atoms with Crippen LogP contribution >= 0.6 is 0 Å². The minimum atomic E-state index is -0.552. The highest BCUT2D eigenvalue weighted by Gasteiger charge is 2.19. The van der Waals surface area contributed by atoms with Crippen LogP contribution in [0.25, 0.3) is 0 Å². The smallest absolute Gasteiger partial charge is 0.412 e. The summed E-state index contributed by atoms with van der Waals surface area (Å²) in [7, 11) is 0. The fourth-order valence-electron chi connectivity index (χ4n) is 1.96. The van der Waals surface area contributed by atoms with Gasteiger partial charge in [-0.2, -0.15) is 0 Å². The number of carbonyl (C=O) groups excluding carboxylic acids is 1. The van der Waals surface area contributed by atoms with Crippen molar-refractivity contribution < 1.29 is 19.4 Å². The molecular weight excluding hydrogens is 246 g/mol. The standard InChI is InChI=1S/C14H19NO4/c1-14(2,3)19-13(17)15-10-7-9-5-4-6-18-12(9)11(16)8-10/h7-8,16H,4-6H2,1-3H3,(H,15,17). The molecule has 2 N–H and O–H groups in total. The highest BCUT2D eigenvalue weighted by Crippen LogP contribution is 2.37. The van der Waals surface area contributed by atoms with E-state index in [1.54, 1.807) is 26.8 Å². The number of aromatic hydroxyl groups is 1. The lowest BCUT2D eigenvalue weighted by atomic mass is 10.0. The van der Waals surface area contributed by atoms with E-state index in [1.807, 2.05) is 0 Å². The number of fused-ring (bicyclic) bond motifs is 1. The van der Waals surface area contributed by atoms with E-state index in [2.05, 4.69) is 5.32 Å². The third-order valence-electron chi connectivity index (χ3n) is 2.63. The number of phenolic OH excluding ortho intramolecular Hbond substituents is 1. The van der Waals surface area contributed by atoms with Gasteiger partial charge in [-0.1, -0.05) is 0 Å². The topological polar surface area (TPSA) is 67.8 Å². The van der Waals surface area contributed by atoms with Crippen molar-refractivity contribution in [1.29, 1.82) is 0 Å². The second-order valence-electron chi connectivity index (χ2n) is 5.56. The van der Waals surface area contributed by atoms with Gasteiger partial charge >= 0.3 is 6.09 Å².